The summed E-state index contributed by atoms with van der Waals surface area (Å²) in [6.07, 6.45) is -0.359. The van der Waals surface area contributed by atoms with Gasteiger partial charge in [0.25, 0.3) is 5.91 Å². The lowest BCUT2D eigenvalue weighted by Crippen LogP contribution is -2.51. The van der Waals surface area contributed by atoms with E-state index in [1.54, 1.807) is 34.1 Å². The lowest BCUT2D eigenvalue weighted by atomic mass is 10.1. The third-order valence-corrected chi connectivity index (χ3v) is 3.77. The maximum atomic E-state index is 12.5. The zero-order valence-electron chi connectivity index (χ0n) is 15.1. The van der Waals surface area contributed by atoms with Crippen molar-refractivity contribution in [2.75, 3.05) is 33.3 Å². The molecular weight excluding hydrogens is 324 g/mol. The Kier molecular flexibility index (Phi) is 5.66. The second kappa shape index (κ2) is 7.55. The van der Waals surface area contributed by atoms with E-state index in [1.807, 2.05) is 20.8 Å². The molecule has 7 nitrogen and oxygen atoms in total. The van der Waals surface area contributed by atoms with Crippen LogP contribution in [0.5, 0.6) is 0 Å². The molecule has 2 amide bonds. The van der Waals surface area contributed by atoms with E-state index in [-0.39, 0.29) is 12.0 Å². The number of piperazine rings is 1. The van der Waals surface area contributed by atoms with Gasteiger partial charge < -0.3 is 19.3 Å². The first-order valence-corrected chi connectivity index (χ1v) is 8.17. The lowest BCUT2D eigenvalue weighted by Gasteiger charge is -2.35. The maximum Gasteiger partial charge on any atom is 0.410 e. The van der Waals surface area contributed by atoms with E-state index in [4.69, 9.17) is 4.74 Å². The van der Waals surface area contributed by atoms with Crippen LogP contribution in [-0.2, 0) is 9.47 Å². The topological polar surface area (TPSA) is 76.2 Å². The Balaban J connectivity index is 1.93. The van der Waals surface area contributed by atoms with Crippen molar-refractivity contribution in [1.29, 1.82) is 0 Å². The van der Waals surface area contributed by atoms with Crippen LogP contribution in [0.3, 0.4) is 0 Å². The van der Waals surface area contributed by atoms with Gasteiger partial charge in [-0.2, -0.15) is 0 Å². The molecule has 2 rings (SSSR count). The van der Waals surface area contributed by atoms with Gasteiger partial charge in [-0.05, 0) is 45.0 Å². The smallest absolute Gasteiger partial charge is 0.410 e. The molecule has 0 unspecified atom stereocenters. The maximum absolute atomic E-state index is 12.5. The van der Waals surface area contributed by atoms with Crippen LogP contribution in [0.25, 0.3) is 0 Å². The lowest BCUT2D eigenvalue weighted by molar-refractivity contribution is 0.0141. The molecule has 0 spiro atoms. The van der Waals surface area contributed by atoms with Gasteiger partial charge in [-0.1, -0.05) is 0 Å². The van der Waals surface area contributed by atoms with Gasteiger partial charge in [0.15, 0.2) is 0 Å². The zero-order chi connectivity index (χ0) is 18.6. The molecule has 0 radical (unpaired) electrons. The van der Waals surface area contributed by atoms with Crippen LogP contribution in [0, 0.1) is 0 Å². The summed E-state index contributed by atoms with van der Waals surface area (Å²) < 4.78 is 9.98. The molecule has 0 bridgehead atoms. The fourth-order valence-corrected chi connectivity index (χ4v) is 2.47. The fourth-order valence-electron chi connectivity index (χ4n) is 2.47. The summed E-state index contributed by atoms with van der Waals surface area (Å²) in [5.41, 5.74) is 0.359. The van der Waals surface area contributed by atoms with Gasteiger partial charge in [-0.3, -0.25) is 4.79 Å². The highest BCUT2D eigenvalue weighted by molar-refractivity contribution is 5.96. The second-order valence-electron chi connectivity index (χ2n) is 6.83. The van der Waals surface area contributed by atoms with Crippen LogP contribution in [0.1, 0.15) is 41.5 Å². The zero-order valence-corrected chi connectivity index (χ0v) is 15.1. The first-order chi connectivity index (χ1) is 11.7. The molecule has 136 valence electrons. The number of ether oxygens (including phenoxy) is 2. The molecule has 0 atom stereocenters. The first kappa shape index (κ1) is 18.8. The SMILES string of the molecule is COC(=O)c1ccc(C(=O)N2CCN(C(=O)OC(C)(C)C)CC2)cc1. The van der Waals surface area contributed by atoms with Crippen LogP contribution in [0.4, 0.5) is 4.79 Å². The first-order valence-electron chi connectivity index (χ1n) is 8.17. The van der Waals surface area contributed by atoms with Gasteiger partial charge in [-0.15, -0.1) is 0 Å². The number of hydrogen-bond donors (Lipinski definition) is 0. The van der Waals surface area contributed by atoms with Crippen LogP contribution in [0.2, 0.25) is 0 Å². The van der Waals surface area contributed by atoms with Crippen molar-refractivity contribution in [2.45, 2.75) is 26.4 Å². The van der Waals surface area contributed by atoms with Crippen molar-refractivity contribution in [2.24, 2.45) is 0 Å². The monoisotopic (exact) mass is 348 g/mol. The molecule has 1 aliphatic rings. The largest absolute Gasteiger partial charge is 0.465 e. The quantitative estimate of drug-likeness (QED) is 0.766. The number of carbonyl (C=O) groups is 3. The second-order valence-corrected chi connectivity index (χ2v) is 6.83. The summed E-state index contributed by atoms with van der Waals surface area (Å²) in [7, 11) is 1.31. The molecule has 0 N–H and O–H groups in total. The highest BCUT2D eigenvalue weighted by Crippen LogP contribution is 2.14. The van der Waals surface area contributed by atoms with Crippen molar-refractivity contribution in [3.05, 3.63) is 35.4 Å². The van der Waals surface area contributed by atoms with Crippen LogP contribution >= 0.6 is 0 Å². The van der Waals surface area contributed by atoms with Gasteiger partial charge >= 0.3 is 12.1 Å². The van der Waals surface area contributed by atoms with Crippen molar-refractivity contribution in [3.8, 4) is 0 Å². The number of nitrogens with zero attached hydrogens (tertiary/aromatic N) is 2. The fraction of sp³-hybridized carbons (Fsp3) is 0.500. The highest BCUT2D eigenvalue weighted by Gasteiger charge is 2.28. The highest BCUT2D eigenvalue weighted by atomic mass is 16.6. The van der Waals surface area contributed by atoms with Crippen molar-refractivity contribution in [1.82, 2.24) is 9.80 Å². The Morgan fingerprint density at radius 3 is 1.84 bits per heavy atom. The van der Waals surface area contributed by atoms with Crippen molar-refractivity contribution in [3.63, 3.8) is 0 Å². The Morgan fingerprint density at radius 2 is 1.36 bits per heavy atom. The minimum atomic E-state index is -0.536. The Bertz CT molecular complexity index is 640. The van der Waals surface area contributed by atoms with Gasteiger partial charge in [0.2, 0.25) is 0 Å². The number of benzene rings is 1. The summed E-state index contributed by atoms with van der Waals surface area (Å²) in [4.78, 5) is 39.3. The molecular formula is C18H24N2O5. The van der Waals surface area contributed by atoms with E-state index in [1.165, 1.54) is 7.11 Å². The minimum absolute atomic E-state index is 0.125. The summed E-state index contributed by atoms with van der Waals surface area (Å²) in [5.74, 6) is -0.565. The van der Waals surface area contributed by atoms with Gasteiger partial charge in [0.1, 0.15) is 5.60 Å². The van der Waals surface area contributed by atoms with Crippen molar-refractivity contribution < 1.29 is 23.9 Å². The number of methoxy groups -OCH3 is 1. The number of rotatable bonds is 2. The molecule has 0 saturated carbocycles. The predicted molar refractivity (Wildman–Crippen MR) is 91.5 cm³/mol. The Morgan fingerprint density at radius 1 is 0.880 bits per heavy atom. The molecule has 1 fully saturated rings. The molecule has 0 aromatic heterocycles. The number of esters is 1. The van der Waals surface area contributed by atoms with E-state index in [0.717, 1.165) is 0 Å². The number of hydrogen-bond acceptors (Lipinski definition) is 5. The molecule has 1 saturated heterocycles. The third kappa shape index (κ3) is 4.95. The third-order valence-electron chi connectivity index (χ3n) is 3.77. The number of amides is 2. The van der Waals surface area contributed by atoms with Gasteiger partial charge in [-0.25, -0.2) is 9.59 Å². The molecule has 7 heteroatoms. The predicted octanol–water partition coefficient (Wildman–Crippen LogP) is 2.17. The molecule has 1 aromatic carbocycles. The van der Waals surface area contributed by atoms with E-state index in [2.05, 4.69) is 4.74 Å². The number of carbonyl (C=O) groups excluding carboxylic acids is 3. The summed E-state index contributed by atoms with van der Waals surface area (Å²) >= 11 is 0. The molecule has 1 heterocycles. The summed E-state index contributed by atoms with van der Waals surface area (Å²) in [5, 5.41) is 0. The average molecular weight is 348 g/mol. The normalized spacial score (nSPS) is 14.9. The standard InChI is InChI=1S/C18H24N2O5/c1-18(2,3)25-17(23)20-11-9-19(10-12-20)15(21)13-5-7-14(8-6-13)16(22)24-4/h5-8H,9-12H2,1-4H3. The molecule has 1 aliphatic heterocycles. The van der Waals surface area contributed by atoms with E-state index >= 15 is 0 Å². The Hall–Kier alpha value is -2.57. The summed E-state index contributed by atoms with van der Waals surface area (Å²) in [6, 6.07) is 6.34. The van der Waals surface area contributed by atoms with Crippen LogP contribution in [0.15, 0.2) is 24.3 Å². The summed E-state index contributed by atoms with van der Waals surface area (Å²) in [6.45, 7) is 7.21. The van der Waals surface area contributed by atoms with Gasteiger partial charge in [0, 0.05) is 31.7 Å². The van der Waals surface area contributed by atoms with Gasteiger partial charge in [0.05, 0.1) is 12.7 Å². The van der Waals surface area contributed by atoms with Crippen molar-refractivity contribution >= 4 is 18.0 Å². The average Bonchev–Trinajstić information content (AvgIpc) is 2.59. The van der Waals surface area contributed by atoms with E-state index < -0.39 is 11.6 Å². The van der Waals surface area contributed by atoms with E-state index in [0.29, 0.717) is 37.3 Å². The molecule has 0 aliphatic carbocycles. The van der Waals surface area contributed by atoms with Crippen LogP contribution < -0.4 is 0 Å². The van der Waals surface area contributed by atoms with E-state index in [9.17, 15) is 14.4 Å². The Labute approximate surface area is 147 Å². The van der Waals surface area contributed by atoms with Crippen LogP contribution in [-0.4, -0.2) is 66.7 Å². The molecule has 1 aromatic rings. The molecule has 25 heavy (non-hydrogen) atoms. The minimum Gasteiger partial charge on any atom is -0.465 e.